The van der Waals surface area contributed by atoms with Crippen LogP contribution in [0.5, 0.6) is 0 Å². The Balaban J connectivity index is 2.56. The number of nitrogens with one attached hydrogen (secondary N) is 1. The van der Waals surface area contributed by atoms with Gasteiger partial charge >= 0.3 is 0 Å². The summed E-state index contributed by atoms with van der Waals surface area (Å²) in [6.07, 6.45) is 1.81. The Labute approximate surface area is 101 Å². The van der Waals surface area contributed by atoms with Crippen molar-refractivity contribution in [2.75, 3.05) is 30.9 Å². The molecule has 0 saturated carbocycles. The van der Waals surface area contributed by atoms with Gasteiger partial charge in [0.2, 0.25) is 5.95 Å². The quantitative estimate of drug-likeness (QED) is 0.815. The Morgan fingerprint density at radius 1 is 1.29 bits per heavy atom. The molecule has 0 aliphatic heterocycles. The standard InChI is InChI=1S/C13H16N4/c1-4-9-14-12-10-7-5-6-8-11(10)15-13(16-12)17(2)3/h4-8H,1,9H2,2-3H3,(H,14,15,16). The van der Waals surface area contributed by atoms with Gasteiger partial charge in [-0.25, -0.2) is 4.98 Å². The topological polar surface area (TPSA) is 41.1 Å². The predicted molar refractivity (Wildman–Crippen MR) is 72.6 cm³/mol. The van der Waals surface area contributed by atoms with Gasteiger partial charge in [-0.3, -0.25) is 0 Å². The molecule has 17 heavy (non-hydrogen) atoms. The summed E-state index contributed by atoms with van der Waals surface area (Å²) in [6.45, 7) is 4.39. The summed E-state index contributed by atoms with van der Waals surface area (Å²) < 4.78 is 0. The van der Waals surface area contributed by atoms with Gasteiger partial charge in [-0.15, -0.1) is 6.58 Å². The van der Waals surface area contributed by atoms with Crippen molar-refractivity contribution in [2.24, 2.45) is 0 Å². The molecule has 1 heterocycles. The van der Waals surface area contributed by atoms with Gasteiger partial charge < -0.3 is 10.2 Å². The molecule has 0 atom stereocenters. The van der Waals surface area contributed by atoms with Crippen molar-refractivity contribution in [3.63, 3.8) is 0 Å². The van der Waals surface area contributed by atoms with Crippen molar-refractivity contribution >= 4 is 22.7 Å². The van der Waals surface area contributed by atoms with Gasteiger partial charge in [0.1, 0.15) is 5.82 Å². The van der Waals surface area contributed by atoms with Gasteiger partial charge in [-0.1, -0.05) is 18.2 Å². The number of hydrogen-bond donors (Lipinski definition) is 1. The van der Waals surface area contributed by atoms with E-state index in [4.69, 9.17) is 0 Å². The van der Waals surface area contributed by atoms with Gasteiger partial charge in [-0.05, 0) is 12.1 Å². The molecule has 0 saturated heterocycles. The molecule has 1 aromatic heterocycles. The molecular formula is C13H16N4. The van der Waals surface area contributed by atoms with Crippen molar-refractivity contribution in [1.29, 1.82) is 0 Å². The van der Waals surface area contributed by atoms with Gasteiger partial charge in [0.15, 0.2) is 0 Å². The van der Waals surface area contributed by atoms with Crippen molar-refractivity contribution < 1.29 is 0 Å². The van der Waals surface area contributed by atoms with Crippen LogP contribution in [0.2, 0.25) is 0 Å². The summed E-state index contributed by atoms with van der Waals surface area (Å²) >= 11 is 0. The largest absolute Gasteiger partial charge is 0.366 e. The van der Waals surface area contributed by atoms with E-state index in [1.807, 2.05) is 49.3 Å². The van der Waals surface area contributed by atoms with Gasteiger partial charge in [0, 0.05) is 26.0 Å². The van der Waals surface area contributed by atoms with Crippen molar-refractivity contribution in [2.45, 2.75) is 0 Å². The molecule has 0 aliphatic rings. The summed E-state index contributed by atoms with van der Waals surface area (Å²) in [5.41, 5.74) is 0.942. The fourth-order valence-electron chi connectivity index (χ4n) is 1.57. The molecule has 4 nitrogen and oxygen atoms in total. The first-order valence-corrected chi connectivity index (χ1v) is 5.51. The van der Waals surface area contributed by atoms with E-state index in [0.29, 0.717) is 12.5 Å². The van der Waals surface area contributed by atoms with E-state index < -0.39 is 0 Å². The van der Waals surface area contributed by atoms with E-state index in [-0.39, 0.29) is 0 Å². The number of aromatic nitrogens is 2. The van der Waals surface area contributed by atoms with E-state index >= 15 is 0 Å². The normalized spacial score (nSPS) is 10.2. The average Bonchev–Trinajstić information content (AvgIpc) is 2.35. The summed E-state index contributed by atoms with van der Waals surface area (Å²) in [4.78, 5) is 10.9. The van der Waals surface area contributed by atoms with Gasteiger partial charge in [-0.2, -0.15) is 4.98 Å². The fraction of sp³-hybridized carbons (Fsp3) is 0.231. The van der Waals surface area contributed by atoms with Crippen LogP contribution in [0.15, 0.2) is 36.9 Å². The third-order valence-electron chi connectivity index (χ3n) is 2.41. The number of hydrogen-bond acceptors (Lipinski definition) is 4. The van der Waals surface area contributed by atoms with E-state index in [1.54, 1.807) is 0 Å². The maximum Gasteiger partial charge on any atom is 0.227 e. The summed E-state index contributed by atoms with van der Waals surface area (Å²) in [5, 5.41) is 4.26. The molecule has 1 aromatic carbocycles. The first kappa shape index (κ1) is 11.4. The number of nitrogens with zero attached hydrogens (tertiary/aromatic N) is 3. The monoisotopic (exact) mass is 228 g/mol. The van der Waals surface area contributed by atoms with Gasteiger partial charge in [0.05, 0.1) is 5.52 Å². The lowest BCUT2D eigenvalue weighted by Crippen LogP contribution is -2.14. The highest BCUT2D eigenvalue weighted by molar-refractivity contribution is 5.90. The Hall–Kier alpha value is -2.10. The maximum absolute atomic E-state index is 4.49. The first-order chi connectivity index (χ1) is 8.22. The van der Waals surface area contributed by atoms with Crippen LogP contribution in [-0.2, 0) is 0 Å². The molecule has 0 radical (unpaired) electrons. The zero-order valence-electron chi connectivity index (χ0n) is 10.1. The molecule has 88 valence electrons. The van der Waals surface area contributed by atoms with Gasteiger partial charge in [0.25, 0.3) is 0 Å². The number of rotatable bonds is 4. The second-order valence-electron chi connectivity index (χ2n) is 3.95. The van der Waals surface area contributed by atoms with E-state index in [0.717, 1.165) is 16.7 Å². The van der Waals surface area contributed by atoms with Crippen LogP contribution in [0.3, 0.4) is 0 Å². The Bertz CT molecular complexity index is 534. The molecule has 2 rings (SSSR count). The number of fused-ring (bicyclic) bond motifs is 1. The average molecular weight is 228 g/mol. The Kier molecular flexibility index (Phi) is 3.23. The Morgan fingerprint density at radius 2 is 2.06 bits per heavy atom. The van der Waals surface area contributed by atoms with E-state index in [2.05, 4.69) is 21.9 Å². The molecule has 0 bridgehead atoms. The van der Waals surface area contributed by atoms with Crippen LogP contribution in [0.1, 0.15) is 0 Å². The predicted octanol–water partition coefficient (Wildman–Crippen LogP) is 2.29. The SMILES string of the molecule is C=CCNc1nc(N(C)C)nc2ccccc12. The molecule has 0 amide bonds. The number of anilines is 2. The van der Waals surface area contributed by atoms with Crippen LogP contribution >= 0.6 is 0 Å². The Morgan fingerprint density at radius 3 is 2.76 bits per heavy atom. The second kappa shape index (κ2) is 4.82. The van der Waals surface area contributed by atoms with Crippen LogP contribution in [0, 0.1) is 0 Å². The minimum Gasteiger partial charge on any atom is -0.366 e. The van der Waals surface area contributed by atoms with E-state index in [9.17, 15) is 0 Å². The molecule has 0 aliphatic carbocycles. The fourth-order valence-corrected chi connectivity index (χ4v) is 1.57. The smallest absolute Gasteiger partial charge is 0.227 e. The molecule has 0 fully saturated rings. The third kappa shape index (κ3) is 2.36. The van der Waals surface area contributed by atoms with Crippen molar-refractivity contribution in [3.05, 3.63) is 36.9 Å². The third-order valence-corrected chi connectivity index (χ3v) is 2.41. The highest BCUT2D eigenvalue weighted by atomic mass is 15.2. The van der Waals surface area contributed by atoms with Crippen LogP contribution in [0.4, 0.5) is 11.8 Å². The van der Waals surface area contributed by atoms with Crippen molar-refractivity contribution in [1.82, 2.24) is 9.97 Å². The zero-order valence-corrected chi connectivity index (χ0v) is 10.1. The van der Waals surface area contributed by atoms with Crippen LogP contribution < -0.4 is 10.2 Å². The van der Waals surface area contributed by atoms with E-state index in [1.165, 1.54) is 0 Å². The molecule has 2 aromatic rings. The highest BCUT2D eigenvalue weighted by Crippen LogP contribution is 2.22. The number of para-hydroxylation sites is 1. The first-order valence-electron chi connectivity index (χ1n) is 5.51. The lowest BCUT2D eigenvalue weighted by molar-refractivity contribution is 1.01. The van der Waals surface area contributed by atoms with Crippen LogP contribution in [-0.4, -0.2) is 30.6 Å². The highest BCUT2D eigenvalue weighted by Gasteiger charge is 2.07. The van der Waals surface area contributed by atoms with Crippen molar-refractivity contribution in [3.8, 4) is 0 Å². The summed E-state index contributed by atoms with van der Waals surface area (Å²) in [5.74, 6) is 1.55. The lowest BCUT2D eigenvalue weighted by Gasteiger charge is -2.14. The molecule has 0 spiro atoms. The molecule has 4 heteroatoms. The molecular weight excluding hydrogens is 212 g/mol. The summed E-state index contributed by atoms with van der Waals surface area (Å²) in [6, 6.07) is 7.97. The minimum atomic E-state index is 0.688. The zero-order chi connectivity index (χ0) is 12.3. The second-order valence-corrected chi connectivity index (χ2v) is 3.95. The van der Waals surface area contributed by atoms with Crippen LogP contribution in [0.25, 0.3) is 10.9 Å². The molecule has 1 N–H and O–H groups in total. The number of benzene rings is 1. The molecule has 0 unspecified atom stereocenters. The summed E-state index contributed by atoms with van der Waals surface area (Å²) in [7, 11) is 3.86. The minimum absolute atomic E-state index is 0.688. The lowest BCUT2D eigenvalue weighted by atomic mass is 10.2. The maximum atomic E-state index is 4.49.